The standard InChI is InChI=1S/C12H7BrF2N2O2/c13-9-4-7(1-2-10(9)15)17-11-8(12(18)19)3-6(14)5-16-11/h1-5H,(H,16,17)(H,18,19). The van der Waals surface area contributed by atoms with Crippen LogP contribution in [0.5, 0.6) is 0 Å². The van der Waals surface area contributed by atoms with E-state index in [9.17, 15) is 13.6 Å². The smallest absolute Gasteiger partial charge is 0.339 e. The molecule has 1 aromatic heterocycles. The minimum atomic E-state index is -1.31. The molecule has 0 saturated carbocycles. The van der Waals surface area contributed by atoms with Crippen molar-refractivity contribution in [3.63, 3.8) is 0 Å². The van der Waals surface area contributed by atoms with Crippen molar-refractivity contribution in [2.45, 2.75) is 0 Å². The lowest BCUT2D eigenvalue weighted by atomic mass is 10.2. The second-order valence-electron chi connectivity index (χ2n) is 3.61. The second kappa shape index (κ2) is 5.31. The second-order valence-corrected chi connectivity index (χ2v) is 4.46. The Kier molecular flexibility index (Phi) is 3.75. The van der Waals surface area contributed by atoms with Gasteiger partial charge in [0.05, 0.1) is 10.7 Å². The number of halogens is 3. The molecule has 2 N–H and O–H groups in total. The number of aromatic carboxylic acids is 1. The van der Waals surface area contributed by atoms with Crippen molar-refractivity contribution >= 4 is 33.4 Å². The molecular weight excluding hydrogens is 322 g/mol. The van der Waals surface area contributed by atoms with E-state index in [-0.39, 0.29) is 15.9 Å². The first-order chi connectivity index (χ1) is 8.97. The zero-order chi connectivity index (χ0) is 14.0. The zero-order valence-corrected chi connectivity index (χ0v) is 10.9. The van der Waals surface area contributed by atoms with E-state index >= 15 is 0 Å². The number of anilines is 2. The van der Waals surface area contributed by atoms with E-state index in [0.29, 0.717) is 5.69 Å². The molecule has 0 spiro atoms. The molecule has 0 bridgehead atoms. The Morgan fingerprint density at radius 1 is 1.32 bits per heavy atom. The van der Waals surface area contributed by atoms with Gasteiger partial charge in [-0.3, -0.25) is 0 Å². The molecule has 0 saturated heterocycles. The van der Waals surface area contributed by atoms with E-state index in [2.05, 4.69) is 26.2 Å². The van der Waals surface area contributed by atoms with E-state index < -0.39 is 17.6 Å². The van der Waals surface area contributed by atoms with Crippen LogP contribution in [0.25, 0.3) is 0 Å². The minimum Gasteiger partial charge on any atom is -0.478 e. The van der Waals surface area contributed by atoms with Crippen LogP contribution in [0.3, 0.4) is 0 Å². The van der Waals surface area contributed by atoms with Gasteiger partial charge in [-0.25, -0.2) is 18.6 Å². The Hall–Kier alpha value is -2.02. The summed E-state index contributed by atoms with van der Waals surface area (Å²) in [4.78, 5) is 14.6. The van der Waals surface area contributed by atoms with Gasteiger partial charge in [-0.05, 0) is 40.2 Å². The number of carboxylic acids is 1. The van der Waals surface area contributed by atoms with E-state index in [1.54, 1.807) is 0 Å². The van der Waals surface area contributed by atoms with Crippen LogP contribution in [-0.4, -0.2) is 16.1 Å². The van der Waals surface area contributed by atoms with Gasteiger partial charge in [0.15, 0.2) is 0 Å². The van der Waals surface area contributed by atoms with Gasteiger partial charge in [0.25, 0.3) is 0 Å². The molecule has 0 aliphatic carbocycles. The van der Waals surface area contributed by atoms with Gasteiger partial charge >= 0.3 is 5.97 Å². The van der Waals surface area contributed by atoms with Crippen LogP contribution in [0.2, 0.25) is 0 Å². The maximum atomic E-state index is 13.1. The predicted octanol–water partition coefficient (Wildman–Crippen LogP) is 3.56. The fourth-order valence-corrected chi connectivity index (χ4v) is 1.79. The van der Waals surface area contributed by atoms with E-state index in [1.165, 1.54) is 18.2 Å². The summed E-state index contributed by atoms with van der Waals surface area (Å²) in [6, 6.07) is 4.90. The summed E-state index contributed by atoms with van der Waals surface area (Å²) in [6.45, 7) is 0. The van der Waals surface area contributed by atoms with Crippen molar-refractivity contribution in [1.82, 2.24) is 4.98 Å². The van der Waals surface area contributed by atoms with Crippen LogP contribution in [0.15, 0.2) is 34.9 Å². The fraction of sp³-hybridized carbons (Fsp3) is 0. The average Bonchev–Trinajstić information content (AvgIpc) is 2.36. The molecule has 0 fully saturated rings. The van der Waals surface area contributed by atoms with Crippen molar-refractivity contribution in [2.75, 3.05) is 5.32 Å². The van der Waals surface area contributed by atoms with Gasteiger partial charge in [-0.1, -0.05) is 0 Å². The Bertz CT molecular complexity index is 650. The van der Waals surface area contributed by atoms with Gasteiger partial charge in [-0.2, -0.15) is 0 Å². The number of hydrogen-bond acceptors (Lipinski definition) is 3. The number of aromatic nitrogens is 1. The zero-order valence-electron chi connectivity index (χ0n) is 9.32. The highest BCUT2D eigenvalue weighted by Gasteiger charge is 2.13. The highest BCUT2D eigenvalue weighted by molar-refractivity contribution is 9.10. The predicted molar refractivity (Wildman–Crippen MR) is 68.5 cm³/mol. The minimum absolute atomic E-state index is 0.0209. The Morgan fingerprint density at radius 3 is 2.68 bits per heavy atom. The quantitative estimate of drug-likeness (QED) is 0.904. The Balaban J connectivity index is 2.37. The molecule has 2 aromatic rings. The number of benzene rings is 1. The number of nitrogens with one attached hydrogen (secondary N) is 1. The van der Waals surface area contributed by atoms with Crippen molar-refractivity contribution in [1.29, 1.82) is 0 Å². The first-order valence-electron chi connectivity index (χ1n) is 5.08. The lowest BCUT2D eigenvalue weighted by Gasteiger charge is -2.09. The van der Waals surface area contributed by atoms with Crippen LogP contribution >= 0.6 is 15.9 Å². The van der Waals surface area contributed by atoms with E-state index in [1.807, 2.05) is 0 Å². The van der Waals surface area contributed by atoms with Crippen molar-refractivity contribution in [3.8, 4) is 0 Å². The maximum absolute atomic E-state index is 13.1. The summed E-state index contributed by atoms with van der Waals surface area (Å²) in [6.07, 6.45) is 0.896. The average molecular weight is 329 g/mol. The highest BCUT2D eigenvalue weighted by atomic mass is 79.9. The van der Waals surface area contributed by atoms with Gasteiger partial charge in [0.1, 0.15) is 23.0 Å². The monoisotopic (exact) mass is 328 g/mol. The fourth-order valence-electron chi connectivity index (χ4n) is 1.41. The lowest BCUT2D eigenvalue weighted by Crippen LogP contribution is -2.05. The number of carbonyl (C=O) groups is 1. The number of hydrogen-bond donors (Lipinski definition) is 2. The van der Waals surface area contributed by atoms with Gasteiger partial charge < -0.3 is 10.4 Å². The summed E-state index contributed by atoms with van der Waals surface area (Å²) in [5, 5.41) is 11.6. The van der Waals surface area contributed by atoms with Gasteiger partial charge in [-0.15, -0.1) is 0 Å². The SMILES string of the molecule is O=C(O)c1cc(F)cnc1Nc1ccc(F)c(Br)c1. The Labute approximate surface area is 115 Å². The van der Waals surface area contributed by atoms with Crippen LogP contribution in [0.1, 0.15) is 10.4 Å². The summed E-state index contributed by atoms with van der Waals surface area (Å²) < 4.78 is 26.2. The molecule has 0 unspecified atom stereocenters. The summed E-state index contributed by atoms with van der Waals surface area (Å²) in [7, 11) is 0. The molecule has 19 heavy (non-hydrogen) atoms. The molecule has 0 aliphatic rings. The molecule has 2 rings (SSSR count). The number of rotatable bonds is 3. The molecular formula is C12H7BrF2N2O2. The first-order valence-corrected chi connectivity index (χ1v) is 5.87. The molecule has 0 atom stereocenters. The van der Waals surface area contributed by atoms with Crippen LogP contribution < -0.4 is 5.32 Å². The van der Waals surface area contributed by atoms with E-state index in [4.69, 9.17) is 5.11 Å². The maximum Gasteiger partial charge on any atom is 0.339 e. The largest absolute Gasteiger partial charge is 0.478 e. The third-order valence-electron chi connectivity index (χ3n) is 2.27. The third-order valence-corrected chi connectivity index (χ3v) is 2.87. The normalized spacial score (nSPS) is 10.3. The molecule has 0 aliphatic heterocycles. The molecule has 1 aromatic carbocycles. The molecule has 98 valence electrons. The number of carboxylic acid groups (broad SMARTS) is 1. The lowest BCUT2D eigenvalue weighted by molar-refractivity contribution is 0.0697. The summed E-state index contributed by atoms with van der Waals surface area (Å²) in [5.41, 5.74) is 0.121. The third kappa shape index (κ3) is 3.05. The number of nitrogens with zero attached hydrogens (tertiary/aromatic N) is 1. The molecule has 1 heterocycles. The molecule has 7 heteroatoms. The van der Waals surface area contributed by atoms with Gasteiger partial charge in [0.2, 0.25) is 0 Å². The molecule has 4 nitrogen and oxygen atoms in total. The van der Waals surface area contributed by atoms with Crippen LogP contribution in [0.4, 0.5) is 20.3 Å². The topological polar surface area (TPSA) is 62.2 Å². The Morgan fingerprint density at radius 2 is 2.05 bits per heavy atom. The highest BCUT2D eigenvalue weighted by Crippen LogP contribution is 2.24. The van der Waals surface area contributed by atoms with Crippen LogP contribution in [-0.2, 0) is 0 Å². The van der Waals surface area contributed by atoms with E-state index in [0.717, 1.165) is 12.3 Å². The number of pyridine rings is 1. The van der Waals surface area contributed by atoms with Crippen molar-refractivity contribution in [3.05, 3.63) is 52.1 Å². The van der Waals surface area contributed by atoms with Gasteiger partial charge in [0, 0.05) is 5.69 Å². The van der Waals surface area contributed by atoms with Crippen molar-refractivity contribution in [2.24, 2.45) is 0 Å². The first kappa shape index (κ1) is 13.4. The summed E-state index contributed by atoms with van der Waals surface area (Å²) >= 11 is 3.01. The molecule has 0 radical (unpaired) electrons. The summed E-state index contributed by atoms with van der Waals surface area (Å²) in [5.74, 6) is -2.53. The van der Waals surface area contributed by atoms with Crippen molar-refractivity contribution < 1.29 is 18.7 Å². The molecule has 0 amide bonds. The van der Waals surface area contributed by atoms with Crippen LogP contribution in [0, 0.1) is 11.6 Å².